The van der Waals surface area contributed by atoms with Crippen molar-refractivity contribution in [1.29, 1.82) is 0 Å². The maximum Gasteiger partial charge on any atom is 0.270 e. The van der Waals surface area contributed by atoms with Crippen LogP contribution in [-0.2, 0) is 0 Å². The van der Waals surface area contributed by atoms with Gasteiger partial charge >= 0.3 is 0 Å². The molecule has 100 valence electrons. The van der Waals surface area contributed by atoms with Gasteiger partial charge in [0.15, 0.2) is 0 Å². The van der Waals surface area contributed by atoms with E-state index in [1.807, 2.05) is 19.1 Å². The largest absolute Gasteiger partial charge is 0.370 e. The van der Waals surface area contributed by atoms with Crippen molar-refractivity contribution >= 4 is 11.7 Å². The summed E-state index contributed by atoms with van der Waals surface area (Å²) in [5.74, 6) is 1.05. The van der Waals surface area contributed by atoms with E-state index in [1.165, 1.54) is 0 Å². The first-order valence-corrected chi connectivity index (χ1v) is 6.56. The average molecular weight is 249 g/mol. The average Bonchev–Trinajstić information content (AvgIpc) is 2.36. The third-order valence-corrected chi connectivity index (χ3v) is 2.90. The second-order valence-electron chi connectivity index (χ2n) is 4.84. The van der Waals surface area contributed by atoms with E-state index >= 15 is 0 Å². The molecule has 0 spiro atoms. The fourth-order valence-electron chi connectivity index (χ4n) is 1.36. The summed E-state index contributed by atoms with van der Waals surface area (Å²) in [6.45, 7) is 9.12. The summed E-state index contributed by atoms with van der Waals surface area (Å²) >= 11 is 0. The van der Waals surface area contributed by atoms with Gasteiger partial charge in [-0.15, -0.1) is 0 Å². The number of hydrogen-bond acceptors (Lipinski definition) is 3. The zero-order chi connectivity index (χ0) is 13.5. The zero-order valence-corrected chi connectivity index (χ0v) is 11.7. The van der Waals surface area contributed by atoms with Crippen LogP contribution in [-0.4, -0.2) is 23.5 Å². The predicted octanol–water partition coefficient (Wildman–Crippen LogP) is 2.68. The van der Waals surface area contributed by atoms with E-state index in [0.717, 1.165) is 18.8 Å². The van der Waals surface area contributed by atoms with Crippen molar-refractivity contribution in [3.05, 3.63) is 23.9 Å². The molecule has 0 saturated carbocycles. The summed E-state index contributed by atoms with van der Waals surface area (Å²) in [5, 5.41) is 6.12. The molecule has 4 heteroatoms. The first-order valence-electron chi connectivity index (χ1n) is 6.56. The summed E-state index contributed by atoms with van der Waals surface area (Å²) in [4.78, 5) is 16.3. The van der Waals surface area contributed by atoms with E-state index in [2.05, 4.69) is 36.4 Å². The Morgan fingerprint density at radius 2 is 2.06 bits per heavy atom. The van der Waals surface area contributed by atoms with Crippen molar-refractivity contribution in [3.8, 4) is 0 Å². The van der Waals surface area contributed by atoms with Crippen molar-refractivity contribution in [2.24, 2.45) is 5.92 Å². The molecule has 1 aromatic rings. The van der Waals surface area contributed by atoms with E-state index in [9.17, 15) is 4.79 Å². The van der Waals surface area contributed by atoms with Gasteiger partial charge in [-0.05, 0) is 31.4 Å². The smallest absolute Gasteiger partial charge is 0.270 e. The topological polar surface area (TPSA) is 54.0 Å². The first-order chi connectivity index (χ1) is 8.54. The van der Waals surface area contributed by atoms with E-state index in [1.54, 1.807) is 6.07 Å². The van der Waals surface area contributed by atoms with Crippen LogP contribution < -0.4 is 10.6 Å². The van der Waals surface area contributed by atoms with Gasteiger partial charge in [0.05, 0.1) is 0 Å². The van der Waals surface area contributed by atoms with Crippen LogP contribution >= 0.6 is 0 Å². The van der Waals surface area contributed by atoms with Gasteiger partial charge in [0, 0.05) is 12.6 Å². The number of hydrogen-bond donors (Lipinski definition) is 2. The second kappa shape index (κ2) is 6.99. The Kier molecular flexibility index (Phi) is 5.62. The Labute approximate surface area is 109 Å². The van der Waals surface area contributed by atoms with Crippen molar-refractivity contribution in [3.63, 3.8) is 0 Å². The maximum atomic E-state index is 12.0. The Bertz CT molecular complexity index is 390. The van der Waals surface area contributed by atoms with Crippen LogP contribution in [0.25, 0.3) is 0 Å². The summed E-state index contributed by atoms with van der Waals surface area (Å²) in [6, 6.07) is 5.60. The number of nitrogens with zero attached hydrogens (tertiary/aromatic N) is 1. The highest BCUT2D eigenvalue weighted by Gasteiger charge is 2.13. The molecule has 0 aliphatic heterocycles. The van der Waals surface area contributed by atoms with Gasteiger partial charge in [0.2, 0.25) is 0 Å². The molecular weight excluding hydrogens is 226 g/mol. The molecule has 0 aromatic carbocycles. The molecular formula is C14H23N3O. The molecule has 1 atom stereocenters. The highest BCUT2D eigenvalue weighted by atomic mass is 16.1. The van der Waals surface area contributed by atoms with Crippen molar-refractivity contribution < 1.29 is 4.79 Å². The van der Waals surface area contributed by atoms with Gasteiger partial charge in [0.25, 0.3) is 5.91 Å². The van der Waals surface area contributed by atoms with Crippen molar-refractivity contribution in [2.75, 3.05) is 11.9 Å². The van der Waals surface area contributed by atoms with Crippen LogP contribution in [0.5, 0.6) is 0 Å². The van der Waals surface area contributed by atoms with E-state index in [-0.39, 0.29) is 11.9 Å². The lowest BCUT2D eigenvalue weighted by molar-refractivity contribution is 0.0925. The molecule has 0 fully saturated rings. The fraction of sp³-hybridized carbons (Fsp3) is 0.571. The van der Waals surface area contributed by atoms with E-state index < -0.39 is 0 Å². The van der Waals surface area contributed by atoms with Gasteiger partial charge in [0.1, 0.15) is 11.5 Å². The highest BCUT2D eigenvalue weighted by molar-refractivity contribution is 5.92. The van der Waals surface area contributed by atoms with Crippen LogP contribution in [0.2, 0.25) is 0 Å². The number of carbonyl (C=O) groups is 1. The molecule has 1 amide bonds. The molecule has 0 aliphatic carbocycles. The van der Waals surface area contributed by atoms with E-state index in [4.69, 9.17) is 0 Å². The number of pyridine rings is 1. The molecule has 0 saturated heterocycles. The molecule has 1 aromatic heterocycles. The maximum absolute atomic E-state index is 12.0. The minimum atomic E-state index is -0.114. The van der Waals surface area contributed by atoms with Gasteiger partial charge in [-0.2, -0.15) is 0 Å². The number of aromatic nitrogens is 1. The lowest BCUT2D eigenvalue weighted by Crippen LogP contribution is -2.36. The van der Waals surface area contributed by atoms with Crippen molar-refractivity contribution in [2.45, 2.75) is 40.2 Å². The van der Waals surface area contributed by atoms with Crippen molar-refractivity contribution in [1.82, 2.24) is 10.3 Å². The third kappa shape index (κ3) is 4.35. The summed E-state index contributed by atoms with van der Waals surface area (Å²) in [6.07, 6.45) is 1.03. The molecule has 1 rings (SSSR count). The molecule has 0 radical (unpaired) electrons. The van der Waals surface area contributed by atoms with Gasteiger partial charge in [-0.25, -0.2) is 4.98 Å². The van der Waals surface area contributed by atoms with Crippen LogP contribution in [0.3, 0.4) is 0 Å². The highest BCUT2D eigenvalue weighted by Crippen LogP contribution is 2.06. The Hall–Kier alpha value is -1.58. The molecule has 1 heterocycles. The number of amides is 1. The molecule has 0 bridgehead atoms. The number of rotatable bonds is 6. The molecule has 4 nitrogen and oxygen atoms in total. The summed E-state index contributed by atoms with van der Waals surface area (Å²) < 4.78 is 0. The second-order valence-corrected chi connectivity index (χ2v) is 4.84. The zero-order valence-electron chi connectivity index (χ0n) is 11.7. The monoisotopic (exact) mass is 249 g/mol. The minimum Gasteiger partial charge on any atom is -0.370 e. The lowest BCUT2D eigenvalue weighted by atomic mass is 10.1. The quantitative estimate of drug-likeness (QED) is 0.815. The Balaban J connectivity index is 2.68. The van der Waals surface area contributed by atoms with Gasteiger partial charge in [-0.3, -0.25) is 4.79 Å². The lowest BCUT2D eigenvalue weighted by Gasteiger charge is -2.17. The van der Waals surface area contributed by atoms with Gasteiger partial charge < -0.3 is 10.6 Å². The summed E-state index contributed by atoms with van der Waals surface area (Å²) in [5.41, 5.74) is 0.462. The SMILES string of the molecule is CCCNc1cccc(C(=O)NC(C)C(C)C)n1. The normalized spacial score (nSPS) is 12.3. The van der Waals surface area contributed by atoms with Crippen LogP contribution in [0.4, 0.5) is 5.82 Å². The third-order valence-electron chi connectivity index (χ3n) is 2.90. The first kappa shape index (κ1) is 14.5. The Morgan fingerprint density at radius 3 is 2.67 bits per heavy atom. The number of nitrogens with one attached hydrogen (secondary N) is 2. The molecule has 18 heavy (non-hydrogen) atoms. The standard InChI is InChI=1S/C14H23N3O/c1-5-9-15-13-8-6-7-12(17-13)14(18)16-11(4)10(2)3/h6-8,10-11H,5,9H2,1-4H3,(H,15,17)(H,16,18). The number of carbonyl (C=O) groups excluding carboxylic acids is 1. The molecule has 1 unspecified atom stereocenters. The summed E-state index contributed by atoms with van der Waals surface area (Å²) in [7, 11) is 0. The fourth-order valence-corrected chi connectivity index (χ4v) is 1.36. The van der Waals surface area contributed by atoms with E-state index in [0.29, 0.717) is 11.6 Å². The predicted molar refractivity (Wildman–Crippen MR) is 74.8 cm³/mol. The molecule has 2 N–H and O–H groups in total. The Morgan fingerprint density at radius 1 is 1.33 bits per heavy atom. The van der Waals surface area contributed by atoms with Crippen LogP contribution in [0, 0.1) is 5.92 Å². The molecule has 0 aliphatic rings. The minimum absolute atomic E-state index is 0.114. The van der Waals surface area contributed by atoms with Gasteiger partial charge in [-0.1, -0.05) is 26.8 Å². The van der Waals surface area contributed by atoms with Crippen LogP contribution in [0.15, 0.2) is 18.2 Å². The number of anilines is 1. The van der Waals surface area contributed by atoms with Crippen LogP contribution in [0.1, 0.15) is 44.6 Å².